The molecule has 1 heterocycles. The number of carbonyl (C=O) groups excluding carboxylic acids is 3. The van der Waals surface area contributed by atoms with Gasteiger partial charge in [-0.25, -0.2) is 4.79 Å². The highest BCUT2D eigenvalue weighted by molar-refractivity contribution is 5.82. The molecule has 0 spiro atoms. The lowest BCUT2D eigenvalue weighted by Crippen LogP contribution is -2.55. The van der Waals surface area contributed by atoms with E-state index in [0.29, 0.717) is 6.42 Å². The fourth-order valence-corrected chi connectivity index (χ4v) is 2.79. The largest absolute Gasteiger partial charge is 0.463 e. The van der Waals surface area contributed by atoms with E-state index in [0.717, 1.165) is 0 Å². The molecule has 0 aromatic rings. The minimum Gasteiger partial charge on any atom is -0.463 e. The Balaban J connectivity index is 3.06. The maximum absolute atomic E-state index is 11.6. The van der Waals surface area contributed by atoms with E-state index < -0.39 is 42.3 Å². The second-order valence-electron chi connectivity index (χ2n) is 5.78. The molecule has 1 aliphatic rings. The van der Waals surface area contributed by atoms with Crippen LogP contribution in [-0.4, -0.2) is 48.9 Å². The molecule has 0 bridgehead atoms. The topological polar surface area (TPSA) is 88.1 Å². The van der Waals surface area contributed by atoms with E-state index in [4.69, 9.17) is 18.9 Å². The molecule has 0 aromatic carbocycles. The van der Waals surface area contributed by atoms with Gasteiger partial charge in [-0.1, -0.05) is 13.0 Å². The summed E-state index contributed by atoms with van der Waals surface area (Å²) in [4.78, 5) is 34.4. The zero-order chi connectivity index (χ0) is 19.0. The number of hydrogen-bond donors (Lipinski definition) is 0. The summed E-state index contributed by atoms with van der Waals surface area (Å²) in [6.07, 6.45) is 2.43. The number of hydrogen-bond acceptors (Lipinski definition) is 7. The van der Waals surface area contributed by atoms with Crippen molar-refractivity contribution in [2.45, 2.75) is 58.5 Å². The average Bonchev–Trinajstić information content (AvgIpc) is 2.52. The van der Waals surface area contributed by atoms with Gasteiger partial charge in [-0.15, -0.1) is 6.58 Å². The minimum absolute atomic E-state index is 0.256. The highest BCUT2D eigenvalue weighted by Crippen LogP contribution is 2.33. The summed E-state index contributed by atoms with van der Waals surface area (Å²) >= 11 is 0. The van der Waals surface area contributed by atoms with E-state index in [1.807, 2.05) is 6.92 Å². The molecule has 1 rings (SSSR count). The molecule has 1 aliphatic heterocycles. The maximum atomic E-state index is 11.6. The molecule has 0 aliphatic carbocycles. The van der Waals surface area contributed by atoms with Gasteiger partial charge in [0, 0.05) is 25.8 Å². The average molecular weight is 354 g/mol. The van der Waals surface area contributed by atoms with Crippen molar-refractivity contribution in [3.63, 3.8) is 0 Å². The zero-order valence-corrected chi connectivity index (χ0v) is 15.1. The lowest BCUT2D eigenvalue weighted by atomic mass is 9.85. The quantitative estimate of drug-likeness (QED) is 0.299. The Morgan fingerprint density at radius 1 is 1.12 bits per heavy atom. The Hall–Kier alpha value is -2.15. The molecule has 7 heteroatoms. The SMILES string of the molecule is C=CC[C@H]1O[C@@H](/C=C/C(=O)OCC)[C@@H](OC(C)=O)[C@H](C)[C@H]1OC(C)=O. The van der Waals surface area contributed by atoms with E-state index in [1.165, 1.54) is 26.0 Å². The molecule has 1 fully saturated rings. The molecule has 0 aromatic heterocycles. The Morgan fingerprint density at radius 3 is 2.24 bits per heavy atom. The molecule has 1 saturated heterocycles. The first-order chi connectivity index (χ1) is 11.8. The van der Waals surface area contributed by atoms with E-state index in [9.17, 15) is 14.4 Å². The third kappa shape index (κ3) is 6.34. The van der Waals surface area contributed by atoms with Gasteiger partial charge in [0.15, 0.2) is 0 Å². The summed E-state index contributed by atoms with van der Waals surface area (Å²) < 4.78 is 21.5. The third-order valence-corrected chi connectivity index (χ3v) is 3.77. The second kappa shape index (κ2) is 9.98. The molecule has 25 heavy (non-hydrogen) atoms. The van der Waals surface area contributed by atoms with Crippen LogP contribution >= 0.6 is 0 Å². The van der Waals surface area contributed by atoms with Crippen LogP contribution in [0, 0.1) is 5.92 Å². The van der Waals surface area contributed by atoms with Gasteiger partial charge in [0.1, 0.15) is 18.3 Å². The van der Waals surface area contributed by atoms with Crippen LogP contribution in [0.2, 0.25) is 0 Å². The fourth-order valence-electron chi connectivity index (χ4n) is 2.79. The van der Waals surface area contributed by atoms with Gasteiger partial charge in [0.2, 0.25) is 0 Å². The highest BCUT2D eigenvalue weighted by Gasteiger charge is 2.45. The van der Waals surface area contributed by atoms with Gasteiger partial charge in [-0.3, -0.25) is 9.59 Å². The number of rotatable bonds is 7. The summed E-state index contributed by atoms with van der Waals surface area (Å²) in [5, 5.41) is 0. The first-order valence-electron chi connectivity index (χ1n) is 8.25. The van der Waals surface area contributed by atoms with Crippen LogP contribution in [-0.2, 0) is 33.3 Å². The van der Waals surface area contributed by atoms with Crippen molar-refractivity contribution in [3.8, 4) is 0 Å². The molecule has 7 nitrogen and oxygen atoms in total. The van der Waals surface area contributed by atoms with Crippen molar-refractivity contribution in [2.75, 3.05) is 6.61 Å². The molecule has 5 atom stereocenters. The van der Waals surface area contributed by atoms with Crippen molar-refractivity contribution in [1.82, 2.24) is 0 Å². The van der Waals surface area contributed by atoms with E-state index in [-0.39, 0.29) is 12.5 Å². The smallest absolute Gasteiger partial charge is 0.330 e. The van der Waals surface area contributed by atoms with Crippen molar-refractivity contribution < 1.29 is 33.3 Å². The van der Waals surface area contributed by atoms with Crippen LogP contribution in [0.25, 0.3) is 0 Å². The van der Waals surface area contributed by atoms with E-state index in [1.54, 1.807) is 13.0 Å². The molecule has 0 N–H and O–H groups in total. The van der Waals surface area contributed by atoms with Crippen molar-refractivity contribution in [1.29, 1.82) is 0 Å². The first kappa shape index (κ1) is 20.9. The zero-order valence-electron chi connectivity index (χ0n) is 15.1. The monoisotopic (exact) mass is 354 g/mol. The van der Waals surface area contributed by atoms with Crippen LogP contribution in [0.3, 0.4) is 0 Å². The Bertz CT molecular complexity index is 526. The van der Waals surface area contributed by atoms with Gasteiger partial charge in [0.25, 0.3) is 0 Å². The predicted molar refractivity (Wildman–Crippen MR) is 89.5 cm³/mol. The molecule has 0 amide bonds. The Morgan fingerprint density at radius 2 is 1.72 bits per heavy atom. The van der Waals surface area contributed by atoms with Gasteiger partial charge < -0.3 is 18.9 Å². The van der Waals surface area contributed by atoms with Crippen LogP contribution < -0.4 is 0 Å². The van der Waals surface area contributed by atoms with Crippen LogP contribution in [0.5, 0.6) is 0 Å². The van der Waals surface area contributed by atoms with Crippen molar-refractivity contribution >= 4 is 17.9 Å². The molecular weight excluding hydrogens is 328 g/mol. The lowest BCUT2D eigenvalue weighted by molar-refractivity contribution is -0.211. The summed E-state index contributed by atoms with van der Waals surface area (Å²) in [7, 11) is 0. The molecular formula is C18H26O7. The van der Waals surface area contributed by atoms with Gasteiger partial charge in [-0.05, 0) is 19.4 Å². The summed E-state index contributed by atoms with van der Waals surface area (Å²) in [5.74, 6) is -1.78. The first-order valence-corrected chi connectivity index (χ1v) is 8.25. The van der Waals surface area contributed by atoms with Crippen molar-refractivity contribution in [3.05, 3.63) is 24.8 Å². The highest BCUT2D eigenvalue weighted by atomic mass is 16.6. The lowest BCUT2D eigenvalue weighted by Gasteiger charge is -2.43. The predicted octanol–water partition coefficient (Wildman–Crippen LogP) is 1.95. The number of carbonyl (C=O) groups is 3. The van der Waals surface area contributed by atoms with Gasteiger partial charge in [0.05, 0.1) is 12.7 Å². The second-order valence-corrected chi connectivity index (χ2v) is 5.78. The number of ether oxygens (including phenoxy) is 4. The molecule has 0 radical (unpaired) electrons. The van der Waals surface area contributed by atoms with Crippen molar-refractivity contribution in [2.24, 2.45) is 5.92 Å². The van der Waals surface area contributed by atoms with Crippen LogP contribution in [0.15, 0.2) is 24.8 Å². The summed E-state index contributed by atoms with van der Waals surface area (Å²) in [5.41, 5.74) is 0. The molecule has 0 unspecified atom stereocenters. The van der Waals surface area contributed by atoms with Gasteiger partial charge >= 0.3 is 17.9 Å². The minimum atomic E-state index is -0.700. The van der Waals surface area contributed by atoms with Crippen LogP contribution in [0.1, 0.15) is 34.1 Å². The number of esters is 3. The summed E-state index contributed by atoms with van der Waals surface area (Å²) in [6.45, 7) is 10.1. The summed E-state index contributed by atoms with van der Waals surface area (Å²) in [6, 6.07) is 0. The van der Waals surface area contributed by atoms with E-state index >= 15 is 0 Å². The molecule has 0 saturated carbocycles. The van der Waals surface area contributed by atoms with Crippen LogP contribution in [0.4, 0.5) is 0 Å². The Kier molecular flexibility index (Phi) is 8.34. The fraction of sp³-hybridized carbons (Fsp3) is 0.611. The van der Waals surface area contributed by atoms with E-state index in [2.05, 4.69) is 6.58 Å². The Labute approximate surface area is 147 Å². The molecule has 140 valence electrons. The third-order valence-electron chi connectivity index (χ3n) is 3.77. The normalized spacial score (nSPS) is 29.0. The van der Waals surface area contributed by atoms with Gasteiger partial charge in [-0.2, -0.15) is 0 Å². The maximum Gasteiger partial charge on any atom is 0.330 e. The standard InChI is InChI=1S/C18H26O7/c1-6-8-14-17(23-12(4)19)11(3)18(24-13(5)20)15(25-14)9-10-16(21)22-7-2/h6,9-11,14-15,17-18H,1,7-8H2,2-5H3/b10-9+/t11-,14-,15+,17-,18+/m1/s1.